The second kappa shape index (κ2) is 3.74. The maximum atomic E-state index is 10.9. The lowest BCUT2D eigenvalue weighted by Gasteiger charge is -2.17. The van der Waals surface area contributed by atoms with Crippen molar-refractivity contribution in [3.8, 4) is 0 Å². The summed E-state index contributed by atoms with van der Waals surface area (Å²) >= 11 is 1.66. The second-order valence-electron chi connectivity index (χ2n) is 3.70. The molecule has 0 spiro atoms. The lowest BCUT2D eigenvalue weighted by molar-refractivity contribution is 0.0696. The van der Waals surface area contributed by atoms with Crippen LogP contribution in [0.4, 0.5) is 0 Å². The van der Waals surface area contributed by atoms with Gasteiger partial charge in [0.1, 0.15) is 0 Å². The molecule has 0 amide bonds. The van der Waals surface area contributed by atoms with Gasteiger partial charge in [0, 0.05) is 4.90 Å². The van der Waals surface area contributed by atoms with Crippen LogP contribution in [0.15, 0.2) is 28.0 Å². The van der Waals surface area contributed by atoms with Gasteiger partial charge in [0.15, 0.2) is 0 Å². The monoisotopic (exact) mass is 220 g/mol. The lowest BCUT2D eigenvalue weighted by Crippen LogP contribution is -2.02. The predicted octanol–water partition coefficient (Wildman–Crippen LogP) is 3.25. The lowest BCUT2D eigenvalue weighted by atomic mass is 10.0. The maximum Gasteiger partial charge on any atom is 0.335 e. The average Bonchev–Trinajstić information content (AvgIpc) is 2.16. The van der Waals surface area contributed by atoms with Crippen LogP contribution in [0.1, 0.15) is 28.4 Å². The van der Waals surface area contributed by atoms with Crippen molar-refractivity contribution in [1.29, 1.82) is 0 Å². The number of allylic oxidation sites excluding steroid dienone is 2. The Kier molecular flexibility index (Phi) is 2.57. The van der Waals surface area contributed by atoms with Crippen molar-refractivity contribution in [2.45, 2.75) is 25.2 Å². The molecule has 0 aliphatic carbocycles. The van der Waals surface area contributed by atoms with E-state index in [9.17, 15) is 4.79 Å². The molecule has 1 aromatic carbocycles. The van der Waals surface area contributed by atoms with Crippen LogP contribution in [0.25, 0.3) is 0 Å². The summed E-state index contributed by atoms with van der Waals surface area (Å²) in [6, 6.07) is 3.52. The number of carbonyl (C=O) groups is 1. The van der Waals surface area contributed by atoms with E-state index in [0.29, 0.717) is 5.56 Å². The van der Waals surface area contributed by atoms with Crippen molar-refractivity contribution in [3.63, 3.8) is 0 Å². The van der Waals surface area contributed by atoms with Gasteiger partial charge in [-0.25, -0.2) is 4.79 Å². The number of hydrogen-bond acceptors (Lipinski definition) is 2. The summed E-state index contributed by atoms with van der Waals surface area (Å²) in [6.45, 7) is 4.02. The molecule has 0 atom stereocenters. The Morgan fingerprint density at radius 3 is 2.80 bits per heavy atom. The highest BCUT2D eigenvalue weighted by Crippen LogP contribution is 2.36. The summed E-state index contributed by atoms with van der Waals surface area (Å²) in [7, 11) is 0. The minimum atomic E-state index is -0.853. The fraction of sp³-hybridized carbons (Fsp3) is 0.250. The molecule has 1 heterocycles. The van der Waals surface area contributed by atoms with E-state index in [1.165, 1.54) is 10.5 Å². The van der Waals surface area contributed by atoms with E-state index in [0.717, 1.165) is 16.9 Å². The maximum absolute atomic E-state index is 10.9. The van der Waals surface area contributed by atoms with Crippen LogP contribution < -0.4 is 0 Å². The van der Waals surface area contributed by atoms with Crippen LogP contribution in [0.3, 0.4) is 0 Å². The molecule has 0 unspecified atom stereocenters. The first-order valence-electron chi connectivity index (χ1n) is 4.79. The molecular weight excluding hydrogens is 208 g/mol. The number of hydrogen-bond donors (Lipinski definition) is 1. The smallest absolute Gasteiger partial charge is 0.335 e. The molecular formula is C12H12O2S. The molecule has 15 heavy (non-hydrogen) atoms. The highest BCUT2D eigenvalue weighted by atomic mass is 32.2. The Morgan fingerprint density at radius 1 is 1.40 bits per heavy atom. The van der Waals surface area contributed by atoms with Crippen LogP contribution in [0.2, 0.25) is 0 Å². The second-order valence-corrected chi connectivity index (χ2v) is 4.98. The Hall–Kier alpha value is -1.22. The normalized spacial score (nSPS) is 14.4. The quantitative estimate of drug-likeness (QED) is 0.789. The van der Waals surface area contributed by atoms with Crippen LogP contribution in [0, 0.1) is 6.92 Å². The molecule has 0 bridgehead atoms. The molecule has 0 radical (unpaired) electrons. The third-order valence-electron chi connectivity index (χ3n) is 2.54. The Morgan fingerprint density at radius 2 is 2.13 bits per heavy atom. The number of fused-ring (bicyclic) bond motifs is 1. The fourth-order valence-corrected chi connectivity index (χ4v) is 2.79. The SMILES string of the molecule is CC1=CCc2c(C)cc(C(=O)O)cc2S1. The van der Waals surface area contributed by atoms with E-state index in [2.05, 4.69) is 13.0 Å². The Labute approximate surface area is 93.0 Å². The van der Waals surface area contributed by atoms with Crippen molar-refractivity contribution >= 4 is 17.7 Å². The summed E-state index contributed by atoms with van der Waals surface area (Å²) in [5, 5.41) is 8.95. The number of carboxylic acids is 1. The number of thioether (sulfide) groups is 1. The highest BCUT2D eigenvalue weighted by molar-refractivity contribution is 8.03. The molecule has 1 aliphatic heterocycles. The molecule has 0 saturated carbocycles. The van der Waals surface area contributed by atoms with Gasteiger partial charge < -0.3 is 5.11 Å². The number of aromatic carboxylic acids is 1. The zero-order valence-electron chi connectivity index (χ0n) is 8.70. The fourth-order valence-electron chi connectivity index (χ4n) is 1.72. The van der Waals surface area contributed by atoms with E-state index in [4.69, 9.17) is 5.11 Å². The average molecular weight is 220 g/mol. The van der Waals surface area contributed by atoms with E-state index in [1.54, 1.807) is 23.9 Å². The summed E-state index contributed by atoms with van der Waals surface area (Å²) in [5.74, 6) is -0.853. The van der Waals surface area contributed by atoms with Gasteiger partial charge >= 0.3 is 5.97 Å². The Balaban J connectivity index is 2.52. The van der Waals surface area contributed by atoms with Gasteiger partial charge in [-0.3, -0.25) is 0 Å². The van der Waals surface area contributed by atoms with E-state index in [-0.39, 0.29) is 0 Å². The predicted molar refractivity (Wildman–Crippen MR) is 61.5 cm³/mol. The molecule has 1 N–H and O–H groups in total. The minimum absolute atomic E-state index is 0.383. The third-order valence-corrected chi connectivity index (χ3v) is 3.62. The molecule has 2 nitrogen and oxygen atoms in total. The molecule has 1 aromatic rings. The van der Waals surface area contributed by atoms with Crippen LogP contribution >= 0.6 is 11.8 Å². The van der Waals surface area contributed by atoms with Gasteiger partial charge in [-0.15, -0.1) is 0 Å². The Bertz CT molecular complexity index is 461. The van der Waals surface area contributed by atoms with Crippen molar-refractivity contribution in [1.82, 2.24) is 0 Å². The van der Waals surface area contributed by atoms with Crippen molar-refractivity contribution in [2.24, 2.45) is 0 Å². The number of rotatable bonds is 1. The largest absolute Gasteiger partial charge is 0.478 e. The van der Waals surface area contributed by atoms with Gasteiger partial charge in [0.2, 0.25) is 0 Å². The molecule has 78 valence electrons. The number of aryl methyl sites for hydroxylation is 1. The first-order chi connectivity index (χ1) is 7.08. The first-order valence-corrected chi connectivity index (χ1v) is 5.61. The molecule has 1 aliphatic rings. The summed E-state index contributed by atoms with van der Waals surface area (Å²) < 4.78 is 0. The summed E-state index contributed by atoms with van der Waals surface area (Å²) in [6.07, 6.45) is 3.10. The molecule has 3 heteroatoms. The first kappa shape index (κ1) is 10.3. The molecule has 2 rings (SSSR count). The van der Waals surface area contributed by atoms with Gasteiger partial charge in [-0.1, -0.05) is 17.8 Å². The zero-order chi connectivity index (χ0) is 11.0. The van der Waals surface area contributed by atoms with Gasteiger partial charge in [-0.2, -0.15) is 0 Å². The topological polar surface area (TPSA) is 37.3 Å². The van der Waals surface area contributed by atoms with Crippen molar-refractivity contribution in [2.75, 3.05) is 0 Å². The van der Waals surface area contributed by atoms with Crippen LogP contribution in [-0.4, -0.2) is 11.1 Å². The van der Waals surface area contributed by atoms with E-state index < -0.39 is 5.97 Å². The highest BCUT2D eigenvalue weighted by Gasteiger charge is 2.15. The number of benzene rings is 1. The van der Waals surface area contributed by atoms with Crippen LogP contribution in [0.5, 0.6) is 0 Å². The summed E-state index contributed by atoms with van der Waals surface area (Å²) in [4.78, 5) is 13.2. The van der Waals surface area contributed by atoms with Crippen molar-refractivity contribution < 1.29 is 9.90 Å². The third kappa shape index (κ3) is 1.92. The zero-order valence-corrected chi connectivity index (χ0v) is 9.52. The van der Waals surface area contributed by atoms with Crippen molar-refractivity contribution in [3.05, 3.63) is 39.8 Å². The molecule has 0 fully saturated rings. The minimum Gasteiger partial charge on any atom is -0.478 e. The molecule has 0 saturated heterocycles. The standard InChI is InChI=1S/C12H12O2S/c1-7-5-9(12(13)14)6-11-10(7)4-3-8(2)15-11/h3,5-6H,4H2,1-2H3,(H,13,14). The summed E-state index contributed by atoms with van der Waals surface area (Å²) in [5.41, 5.74) is 2.71. The van der Waals surface area contributed by atoms with Gasteiger partial charge in [0.05, 0.1) is 5.56 Å². The van der Waals surface area contributed by atoms with Crippen LogP contribution in [-0.2, 0) is 6.42 Å². The molecule has 0 aromatic heterocycles. The number of carboxylic acid groups (broad SMARTS) is 1. The van der Waals surface area contributed by atoms with Gasteiger partial charge in [-0.05, 0) is 48.4 Å². The van der Waals surface area contributed by atoms with E-state index in [1.807, 2.05) is 6.92 Å². The van der Waals surface area contributed by atoms with Gasteiger partial charge in [0.25, 0.3) is 0 Å². The van der Waals surface area contributed by atoms with E-state index >= 15 is 0 Å².